The minimum atomic E-state index is 0.0581. The Labute approximate surface area is 161 Å². The third-order valence-corrected chi connectivity index (χ3v) is 5.96. The molecule has 0 spiro atoms. The van der Waals surface area contributed by atoms with Gasteiger partial charge in [-0.25, -0.2) is 0 Å². The molecule has 1 aromatic heterocycles. The number of amides is 1. The number of aromatic amines is 1. The van der Waals surface area contributed by atoms with Crippen LogP contribution in [0.1, 0.15) is 67.6 Å². The van der Waals surface area contributed by atoms with Crippen LogP contribution in [0.2, 0.25) is 0 Å². The van der Waals surface area contributed by atoms with Gasteiger partial charge in [-0.3, -0.25) is 4.79 Å². The first-order chi connectivity index (χ1) is 13.1. The number of H-pyrrole nitrogens is 1. The fourth-order valence-corrected chi connectivity index (χ4v) is 4.57. The Morgan fingerprint density at radius 1 is 1.22 bits per heavy atom. The monoisotopic (exact) mass is 360 g/mol. The summed E-state index contributed by atoms with van der Waals surface area (Å²) < 4.78 is 0. The second-order valence-electron chi connectivity index (χ2n) is 7.72. The van der Waals surface area contributed by atoms with E-state index in [1.165, 1.54) is 33.3 Å². The predicted octanol–water partition coefficient (Wildman–Crippen LogP) is 5.85. The van der Waals surface area contributed by atoms with Crippen LogP contribution in [0.4, 0.5) is 0 Å². The zero-order valence-corrected chi connectivity index (χ0v) is 16.5. The van der Waals surface area contributed by atoms with Gasteiger partial charge in [-0.15, -0.1) is 0 Å². The zero-order valence-electron chi connectivity index (χ0n) is 16.5. The number of hydrogen-bond acceptors (Lipinski definition) is 1. The van der Waals surface area contributed by atoms with E-state index in [1.54, 1.807) is 0 Å². The summed E-state index contributed by atoms with van der Waals surface area (Å²) in [4.78, 5) is 18.8. The quantitative estimate of drug-likeness (QED) is 0.622. The number of nitrogens with zero attached hydrogens (tertiary/aromatic N) is 1. The Balaban J connectivity index is 1.80. The van der Waals surface area contributed by atoms with E-state index >= 15 is 0 Å². The first-order valence-corrected chi connectivity index (χ1v) is 10.1. The lowest BCUT2D eigenvalue weighted by molar-refractivity contribution is -0.136. The Hall–Kier alpha value is -2.55. The van der Waals surface area contributed by atoms with E-state index in [2.05, 4.69) is 66.2 Å². The van der Waals surface area contributed by atoms with Crippen molar-refractivity contribution < 1.29 is 4.79 Å². The molecule has 1 amide bonds. The van der Waals surface area contributed by atoms with Gasteiger partial charge in [-0.2, -0.15) is 0 Å². The van der Waals surface area contributed by atoms with Crippen molar-refractivity contribution in [3.8, 4) is 0 Å². The van der Waals surface area contributed by atoms with Crippen LogP contribution >= 0.6 is 0 Å². The molecule has 1 aliphatic carbocycles. The van der Waals surface area contributed by atoms with Crippen molar-refractivity contribution >= 4 is 16.8 Å². The standard InChI is InChI=1S/C24H28N2O/c1-4-23(27)26(17(3)18-9-6-5-7-10-18)22-12-8-11-19-20-15-16(2)13-14-21(20)25-24(19)22/h5-7,9-10,13-15,17,22,25H,4,8,11-12H2,1-3H3/t17-,22-/m1/s1. The summed E-state index contributed by atoms with van der Waals surface area (Å²) in [6, 6.07) is 17.2. The molecule has 3 nitrogen and oxygen atoms in total. The lowest BCUT2D eigenvalue weighted by Crippen LogP contribution is -2.38. The number of rotatable bonds is 4. The first-order valence-electron chi connectivity index (χ1n) is 10.1. The second-order valence-corrected chi connectivity index (χ2v) is 7.72. The summed E-state index contributed by atoms with van der Waals surface area (Å²) in [7, 11) is 0. The highest BCUT2D eigenvalue weighted by Crippen LogP contribution is 2.41. The highest BCUT2D eigenvalue weighted by atomic mass is 16.2. The van der Waals surface area contributed by atoms with Gasteiger partial charge in [0.2, 0.25) is 5.91 Å². The molecular formula is C24H28N2O. The van der Waals surface area contributed by atoms with Crippen LogP contribution in [0.3, 0.4) is 0 Å². The highest BCUT2D eigenvalue weighted by molar-refractivity contribution is 5.86. The molecule has 27 heavy (non-hydrogen) atoms. The van der Waals surface area contributed by atoms with E-state index in [-0.39, 0.29) is 18.0 Å². The van der Waals surface area contributed by atoms with Crippen molar-refractivity contribution in [2.24, 2.45) is 0 Å². The van der Waals surface area contributed by atoms with Gasteiger partial charge >= 0.3 is 0 Å². The Bertz CT molecular complexity index is 957. The average Bonchev–Trinajstić information content (AvgIpc) is 3.07. The van der Waals surface area contributed by atoms with E-state index in [1.807, 2.05) is 13.0 Å². The molecule has 0 unspecified atom stereocenters. The number of aryl methyl sites for hydroxylation is 2. The molecule has 0 fully saturated rings. The van der Waals surface area contributed by atoms with Crippen molar-refractivity contribution in [2.75, 3.05) is 0 Å². The van der Waals surface area contributed by atoms with E-state index in [0.29, 0.717) is 6.42 Å². The van der Waals surface area contributed by atoms with E-state index in [9.17, 15) is 4.79 Å². The first kappa shape index (κ1) is 17.8. The molecule has 3 aromatic rings. The van der Waals surface area contributed by atoms with Crippen molar-refractivity contribution in [2.45, 2.75) is 58.5 Å². The predicted molar refractivity (Wildman–Crippen MR) is 111 cm³/mol. The Morgan fingerprint density at radius 2 is 2.00 bits per heavy atom. The average molecular weight is 361 g/mol. The molecule has 3 heteroatoms. The van der Waals surface area contributed by atoms with E-state index in [0.717, 1.165) is 19.3 Å². The van der Waals surface area contributed by atoms with E-state index < -0.39 is 0 Å². The molecule has 0 aliphatic heterocycles. The molecule has 2 aromatic carbocycles. The number of benzene rings is 2. The van der Waals surface area contributed by atoms with Crippen molar-refractivity contribution in [3.63, 3.8) is 0 Å². The molecule has 0 saturated carbocycles. The molecule has 140 valence electrons. The van der Waals surface area contributed by atoms with Gasteiger partial charge in [-0.1, -0.05) is 48.9 Å². The number of carbonyl (C=O) groups excluding carboxylic acids is 1. The third-order valence-electron chi connectivity index (χ3n) is 5.96. The smallest absolute Gasteiger partial charge is 0.223 e. The molecule has 2 atom stereocenters. The van der Waals surface area contributed by atoms with E-state index in [4.69, 9.17) is 0 Å². The summed E-state index contributed by atoms with van der Waals surface area (Å²) in [6.07, 6.45) is 3.75. The summed E-state index contributed by atoms with van der Waals surface area (Å²) >= 11 is 0. The maximum Gasteiger partial charge on any atom is 0.223 e. The molecular weight excluding hydrogens is 332 g/mol. The number of hydrogen-bond donors (Lipinski definition) is 1. The van der Waals surface area contributed by atoms with Gasteiger partial charge in [0.05, 0.1) is 12.1 Å². The van der Waals surface area contributed by atoms with Gasteiger partial charge in [0.1, 0.15) is 0 Å². The van der Waals surface area contributed by atoms with Gasteiger partial charge in [0.15, 0.2) is 0 Å². The van der Waals surface area contributed by atoms with Crippen LogP contribution in [0, 0.1) is 6.92 Å². The van der Waals surface area contributed by atoms with Crippen LogP contribution < -0.4 is 0 Å². The van der Waals surface area contributed by atoms with Crippen LogP contribution in [0.15, 0.2) is 48.5 Å². The molecule has 0 bridgehead atoms. The van der Waals surface area contributed by atoms with Crippen LogP contribution in [0.5, 0.6) is 0 Å². The van der Waals surface area contributed by atoms with Gasteiger partial charge in [0, 0.05) is 23.0 Å². The lowest BCUT2D eigenvalue weighted by atomic mass is 9.89. The second kappa shape index (κ2) is 7.22. The highest BCUT2D eigenvalue weighted by Gasteiger charge is 2.34. The van der Waals surface area contributed by atoms with Gasteiger partial charge in [0.25, 0.3) is 0 Å². The topological polar surface area (TPSA) is 36.1 Å². The summed E-state index contributed by atoms with van der Waals surface area (Å²) in [5, 5.41) is 1.32. The SMILES string of the molecule is CCC(=O)N([C@H](C)c1ccccc1)[C@@H]1CCCc2c1[nH]c1ccc(C)cc21. The number of fused-ring (bicyclic) bond motifs is 3. The maximum absolute atomic E-state index is 13.0. The molecule has 0 saturated heterocycles. The Kier molecular flexibility index (Phi) is 4.77. The lowest BCUT2D eigenvalue weighted by Gasteiger charge is -2.39. The summed E-state index contributed by atoms with van der Waals surface area (Å²) in [6.45, 7) is 6.26. The summed E-state index contributed by atoms with van der Waals surface area (Å²) in [5.41, 5.74) is 6.31. The Morgan fingerprint density at radius 3 is 2.74 bits per heavy atom. The van der Waals surface area contributed by atoms with Crippen LogP contribution in [-0.4, -0.2) is 15.8 Å². The largest absolute Gasteiger partial charge is 0.356 e. The van der Waals surface area contributed by atoms with Crippen LogP contribution in [-0.2, 0) is 11.2 Å². The molecule has 1 aliphatic rings. The third kappa shape index (κ3) is 3.16. The van der Waals surface area contributed by atoms with Crippen LogP contribution in [0.25, 0.3) is 10.9 Å². The van der Waals surface area contributed by atoms with Crippen molar-refractivity contribution in [3.05, 3.63) is 70.9 Å². The van der Waals surface area contributed by atoms with Crippen molar-refractivity contribution in [1.29, 1.82) is 0 Å². The maximum atomic E-state index is 13.0. The molecule has 4 rings (SSSR count). The minimum Gasteiger partial charge on any atom is -0.356 e. The summed E-state index contributed by atoms with van der Waals surface area (Å²) in [5.74, 6) is 0.221. The van der Waals surface area contributed by atoms with Gasteiger partial charge < -0.3 is 9.88 Å². The van der Waals surface area contributed by atoms with Crippen molar-refractivity contribution in [1.82, 2.24) is 9.88 Å². The fourth-order valence-electron chi connectivity index (χ4n) is 4.57. The molecule has 1 heterocycles. The molecule has 0 radical (unpaired) electrons. The minimum absolute atomic E-state index is 0.0581. The fraction of sp³-hybridized carbons (Fsp3) is 0.375. The zero-order chi connectivity index (χ0) is 19.0. The molecule has 1 N–H and O–H groups in total. The number of nitrogens with one attached hydrogen (secondary N) is 1. The number of aromatic nitrogens is 1. The normalized spacial score (nSPS) is 17.5. The number of carbonyl (C=O) groups is 1. The van der Waals surface area contributed by atoms with Gasteiger partial charge in [-0.05, 0) is 56.4 Å².